The summed E-state index contributed by atoms with van der Waals surface area (Å²) in [7, 11) is 3.06. The van der Waals surface area contributed by atoms with Crippen LogP contribution in [0.15, 0.2) is 24.3 Å². The van der Waals surface area contributed by atoms with Crippen molar-refractivity contribution in [3.63, 3.8) is 0 Å². The molecule has 0 saturated carbocycles. The van der Waals surface area contributed by atoms with Gasteiger partial charge >= 0.3 is 5.97 Å². The molecule has 1 unspecified atom stereocenters. The Kier molecular flexibility index (Phi) is 3.34. The molecule has 5 heteroatoms. The van der Waals surface area contributed by atoms with Crippen LogP contribution >= 0.6 is 0 Å². The lowest BCUT2D eigenvalue weighted by Crippen LogP contribution is -2.41. The number of carbonyl (C=O) groups excluding carboxylic acids is 2. The number of amides is 1. The number of rotatable bonds is 3. The molecule has 1 aliphatic heterocycles. The van der Waals surface area contributed by atoms with Gasteiger partial charge in [-0.15, -0.1) is 0 Å². The Labute approximate surface area is 106 Å². The second-order valence-corrected chi connectivity index (χ2v) is 4.30. The Balaban J connectivity index is 2.24. The van der Waals surface area contributed by atoms with Gasteiger partial charge in [-0.1, -0.05) is 18.2 Å². The summed E-state index contributed by atoms with van der Waals surface area (Å²) in [6.45, 7) is 1.68. The van der Waals surface area contributed by atoms with E-state index >= 15 is 0 Å². The summed E-state index contributed by atoms with van der Waals surface area (Å²) in [4.78, 5) is 25.1. The number of fused-ring (bicyclic) bond motifs is 1. The molecular weight excluding hydrogens is 232 g/mol. The fraction of sp³-hybridized carbons (Fsp3) is 0.385. The highest BCUT2D eigenvalue weighted by atomic mass is 16.5. The van der Waals surface area contributed by atoms with E-state index in [-0.39, 0.29) is 11.9 Å². The van der Waals surface area contributed by atoms with Crippen LogP contribution in [0.1, 0.15) is 18.5 Å². The molecule has 1 N–H and O–H groups in total. The van der Waals surface area contributed by atoms with Gasteiger partial charge in [0.1, 0.15) is 12.1 Å². The molecule has 0 radical (unpaired) electrons. The van der Waals surface area contributed by atoms with E-state index in [1.807, 2.05) is 24.3 Å². The minimum absolute atomic E-state index is 0.0630. The Morgan fingerprint density at radius 1 is 1.44 bits per heavy atom. The average Bonchev–Trinajstić information content (AvgIpc) is 2.63. The number of nitrogens with one attached hydrogen (secondary N) is 1. The van der Waals surface area contributed by atoms with Crippen LogP contribution in [0.4, 0.5) is 5.69 Å². The number of likely N-dealkylation sites (N-methyl/N-ethyl adjacent to an activating group) is 1. The van der Waals surface area contributed by atoms with Crippen LogP contribution < -0.4 is 10.2 Å². The molecule has 0 fully saturated rings. The molecule has 0 aliphatic carbocycles. The molecular formula is C13H16N2O3. The summed E-state index contributed by atoms with van der Waals surface area (Å²) >= 11 is 0. The minimum atomic E-state index is -0.525. The topological polar surface area (TPSA) is 58.6 Å². The van der Waals surface area contributed by atoms with Crippen molar-refractivity contribution in [2.24, 2.45) is 0 Å². The summed E-state index contributed by atoms with van der Waals surface area (Å²) < 4.78 is 4.65. The van der Waals surface area contributed by atoms with Crippen molar-refractivity contribution in [1.29, 1.82) is 0 Å². The molecule has 2 atom stereocenters. The van der Waals surface area contributed by atoms with Crippen molar-refractivity contribution < 1.29 is 14.3 Å². The minimum Gasteiger partial charge on any atom is -0.468 e. The molecule has 1 heterocycles. The van der Waals surface area contributed by atoms with Gasteiger partial charge in [0.05, 0.1) is 7.11 Å². The van der Waals surface area contributed by atoms with Gasteiger partial charge in [-0.05, 0) is 13.0 Å². The van der Waals surface area contributed by atoms with Crippen molar-refractivity contribution in [1.82, 2.24) is 5.32 Å². The first-order valence-corrected chi connectivity index (χ1v) is 5.76. The molecule has 0 aromatic heterocycles. The van der Waals surface area contributed by atoms with Gasteiger partial charge in [0.15, 0.2) is 0 Å². The molecule has 0 saturated heterocycles. The molecule has 1 aromatic rings. The summed E-state index contributed by atoms with van der Waals surface area (Å²) in [5.74, 6) is -0.443. The molecule has 5 nitrogen and oxygen atoms in total. The number of ether oxygens (including phenoxy) is 1. The second kappa shape index (κ2) is 4.78. The number of hydrogen-bond donors (Lipinski definition) is 1. The van der Waals surface area contributed by atoms with Crippen LogP contribution in [0.5, 0.6) is 0 Å². The van der Waals surface area contributed by atoms with Gasteiger partial charge in [-0.3, -0.25) is 14.9 Å². The zero-order chi connectivity index (χ0) is 13.3. The van der Waals surface area contributed by atoms with E-state index in [0.29, 0.717) is 0 Å². The Bertz CT molecular complexity index is 487. The molecule has 1 amide bonds. The van der Waals surface area contributed by atoms with Crippen LogP contribution in [0.25, 0.3) is 0 Å². The van der Waals surface area contributed by atoms with E-state index < -0.39 is 12.1 Å². The molecule has 18 heavy (non-hydrogen) atoms. The van der Waals surface area contributed by atoms with E-state index in [1.54, 1.807) is 18.9 Å². The number of benzene rings is 1. The number of nitrogens with zero attached hydrogens (tertiary/aromatic N) is 1. The number of para-hydroxylation sites is 1. The van der Waals surface area contributed by atoms with Crippen LogP contribution in [-0.4, -0.2) is 32.1 Å². The number of hydrogen-bond acceptors (Lipinski definition) is 4. The van der Waals surface area contributed by atoms with Crippen molar-refractivity contribution in [2.75, 3.05) is 19.1 Å². The number of esters is 1. The third-order valence-corrected chi connectivity index (χ3v) is 3.16. The Morgan fingerprint density at radius 3 is 2.78 bits per heavy atom. The molecule has 0 spiro atoms. The fourth-order valence-electron chi connectivity index (χ4n) is 2.14. The predicted octanol–water partition coefficient (Wildman–Crippen LogP) is 0.855. The maximum Gasteiger partial charge on any atom is 0.322 e. The summed E-state index contributed by atoms with van der Waals surface area (Å²) in [5.41, 5.74) is 1.76. The third kappa shape index (κ3) is 1.97. The van der Waals surface area contributed by atoms with Gasteiger partial charge in [-0.25, -0.2) is 0 Å². The van der Waals surface area contributed by atoms with E-state index in [2.05, 4.69) is 10.1 Å². The van der Waals surface area contributed by atoms with Crippen molar-refractivity contribution in [2.45, 2.75) is 19.0 Å². The summed E-state index contributed by atoms with van der Waals surface area (Å²) in [6.07, 6.45) is 0. The largest absolute Gasteiger partial charge is 0.468 e. The standard InChI is InChI=1S/C13H16N2O3/c1-8(13(17)18-3)14-11-9-6-4-5-7-10(9)15(2)12(11)16/h4-8,11,14H,1-3H3/t8-,11?/m0/s1. The highest BCUT2D eigenvalue weighted by molar-refractivity contribution is 6.04. The first-order valence-electron chi connectivity index (χ1n) is 5.76. The molecule has 1 aliphatic rings. The molecule has 96 valence electrons. The smallest absolute Gasteiger partial charge is 0.322 e. The van der Waals surface area contributed by atoms with Crippen LogP contribution in [0, 0.1) is 0 Å². The average molecular weight is 248 g/mol. The van der Waals surface area contributed by atoms with E-state index in [0.717, 1.165) is 11.3 Å². The van der Waals surface area contributed by atoms with Gasteiger partial charge in [0.25, 0.3) is 0 Å². The monoisotopic (exact) mass is 248 g/mol. The van der Waals surface area contributed by atoms with Crippen molar-refractivity contribution in [3.05, 3.63) is 29.8 Å². The first kappa shape index (κ1) is 12.6. The molecule has 2 rings (SSSR count). The number of methoxy groups -OCH3 is 1. The predicted molar refractivity (Wildman–Crippen MR) is 67.2 cm³/mol. The van der Waals surface area contributed by atoms with Gasteiger partial charge < -0.3 is 9.64 Å². The quantitative estimate of drug-likeness (QED) is 0.806. The lowest BCUT2D eigenvalue weighted by Gasteiger charge is -2.17. The third-order valence-electron chi connectivity index (χ3n) is 3.16. The SMILES string of the molecule is COC(=O)[C@H](C)NC1C(=O)N(C)c2ccccc21. The van der Waals surface area contributed by atoms with E-state index in [9.17, 15) is 9.59 Å². The fourth-order valence-corrected chi connectivity index (χ4v) is 2.14. The van der Waals surface area contributed by atoms with Crippen molar-refractivity contribution >= 4 is 17.6 Å². The van der Waals surface area contributed by atoms with Gasteiger partial charge in [0, 0.05) is 18.3 Å². The van der Waals surface area contributed by atoms with Gasteiger partial charge in [0.2, 0.25) is 5.91 Å². The Morgan fingerprint density at radius 2 is 2.11 bits per heavy atom. The molecule has 1 aromatic carbocycles. The zero-order valence-corrected chi connectivity index (χ0v) is 10.6. The lowest BCUT2D eigenvalue weighted by atomic mass is 10.1. The zero-order valence-electron chi connectivity index (χ0n) is 10.6. The van der Waals surface area contributed by atoms with Crippen molar-refractivity contribution in [3.8, 4) is 0 Å². The highest BCUT2D eigenvalue weighted by Gasteiger charge is 2.36. The summed E-state index contributed by atoms with van der Waals surface area (Å²) in [6, 6.07) is 6.52. The van der Waals surface area contributed by atoms with E-state index in [4.69, 9.17) is 0 Å². The maximum absolute atomic E-state index is 12.1. The van der Waals surface area contributed by atoms with Crippen LogP contribution in [-0.2, 0) is 14.3 Å². The van der Waals surface area contributed by atoms with E-state index in [1.165, 1.54) is 7.11 Å². The normalized spacial score (nSPS) is 19.6. The maximum atomic E-state index is 12.1. The first-order chi connectivity index (χ1) is 8.56. The number of anilines is 1. The van der Waals surface area contributed by atoms with Gasteiger partial charge in [-0.2, -0.15) is 0 Å². The lowest BCUT2D eigenvalue weighted by molar-refractivity contribution is -0.143. The van der Waals surface area contributed by atoms with Crippen LogP contribution in [0.3, 0.4) is 0 Å². The second-order valence-electron chi connectivity index (χ2n) is 4.30. The Hall–Kier alpha value is -1.88. The summed E-state index contributed by atoms with van der Waals surface area (Å²) in [5, 5.41) is 3.00. The highest BCUT2D eigenvalue weighted by Crippen LogP contribution is 2.34. The number of carbonyl (C=O) groups is 2. The molecule has 0 bridgehead atoms. The van der Waals surface area contributed by atoms with Crippen LogP contribution in [0.2, 0.25) is 0 Å².